The Balaban J connectivity index is 1.66. The number of para-hydroxylation sites is 1. The molecule has 0 radical (unpaired) electrons. The number of nitrogens with zero attached hydrogens (tertiary/aromatic N) is 3. The fraction of sp³-hybridized carbons (Fsp3) is 0.200. The molecule has 4 rings (SSSR count). The SMILES string of the molecule is N#Cc1c(-c2ccc(Oc3ccccc3)cc2)nn2c1NCCC2CN. The van der Waals surface area contributed by atoms with E-state index in [9.17, 15) is 5.26 Å². The van der Waals surface area contributed by atoms with Crippen molar-refractivity contribution in [2.75, 3.05) is 18.4 Å². The molecule has 1 aliphatic rings. The van der Waals surface area contributed by atoms with E-state index in [2.05, 4.69) is 16.5 Å². The first-order valence-electron chi connectivity index (χ1n) is 8.60. The Morgan fingerprint density at radius 3 is 2.58 bits per heavy atom. The second kappa shape index (κ2) is 6.90. The summed E-state index contributed by atoms with van der Waals surface area (Å²) < 4.78 is 7.67. The molecule has 0 fully saturated rings. The Morgan fingerprint density at radius 2 is 1.88 bits per heavy atom. The molecule has 0 amide bonds. The minimum Gasteiger partial charge on any atom is -0.457 e. The maximum atomic E-state index is 9.63. The zero-order valence-corrected chi connectivity index (χ0v) is 14.2. The Labute approximate surface area is 151 Å². The summed E-state index contributed by atoms with van der Waals surface area (Å²) in [6, 6.07) is 19.6. The lowest BCUT2D eigenvalue weighted by atomic mass is 10.1. The molecule has 6 heteroatoms. The number of ether oxygens (including phenoxy) is 1. The predicted octanol–water partition coefficient (Wildman–Crippen LogP) is 3.53. The van der Waals surface area contributed by atoms with E-state index >= 15 is 0 Å². The number of nitrogens with two attached hydrogens (primary N) is 1. The molecule has 1 atom stereocenters. The van der Waals surface area contributed by atoms with E-state index in [1.54, 1.807) is 0 Å². The summed E-state index contributed by atoms with van der Waals surface area (Å²) in [5, 5.41) is 17.6. The summed E-state index contributed by atoms with van der Waals surface area (Å²) in [6.45, 7) is 1.30. The van der Waals surface area contributed by atoms with Crippen LogP contribution in [0.15, 0.2) is 54.6 Å². The minimum atomic E-state index is 0.118. The van der Waals surface area contributed by atoms with Crippen LogP contribution < -0.4 is 15.8 Å². The maximum absolute atomic E-state index is 9.63. The van der Waals surface area contributed by atoms with Crippen LogP contribution in [0.2, 0.25) is 0 Å². The van der Waals surface area contributed by atoms with Crippen molar-refractivity contribution in [1.29, 1.82) is 5.26 Å². The molecule has 2 heterocycles. The third-order valence-corrected chi connectivity index (χ3v) is 4.52. The molecule has 130 valence electrons. The topological polar surface area (TPSA) is 88.9 Å². The number of benzene rings is 2. The van der Waals surface area contributed by atoms with Crippen molar-refractivity contribution in [2.45, 2.75) is 12.5 Å². The largest absolute Gasteiger partial charge is 0.457 e. The average molecular weight is 345 g/mol. The molecule has 26 heavy (non-hydrogen) atoms. The number of hydrogen-bond donors (Lipinski definition) is 2. The van der Waals surface area contributed by atoms with Gasteiger partial charge in [-0.05, 0) is 42.8 Å². The Hall–Kier alpha value is -3.30. The maximum Gasteiger partial charge on any atom is 0.143 e. The van der Waals surface area contributed by atoms with Crippen molar-refractivity contribution in [3.05, 3.63) is 60.2 Å². The number of nitrogens with one attached hydrogen (secondary N) is 1. The first-order chi connectivity index (χ1) is 12.8. The van der Waals surface area contributed by atoms with Gasteiger partial charge >= 0.3 is 0 Å². The van der Waals surface area contributed by atoms with Crippen molar-refractivity contribution in [1.82, 2.24) is 9.78 Å². The first kappa shape index (κ1) is 16.2. The van der Waals surface area contributed by atoms with Crippen LogP contribution in [0.5, 0.6) is 11.5 Å². The van der Waals surface area contributed by atoms with Gasteiger partial charge in [0.05, 0.1) is 6.04 Å². The van der Waals surface area contributed by atoms with E-state index in [1.165, 1.54) is 0 Å². The highest BCUT2D eigenvalue weighted by Crippen LogP contribution is 2.34. The summed E-state index contributed by atoms with van der Waals surface area (Å²) in [7, 11) is 0. The van der Waals surface area contributed by atoms with E-state index in [0.29, 0.717) is 17.8 Å². The molecular weight excluding hydrogens is 326 g/mol. The lowest BCUT2D eigenvalue weighted by Crippen LogP contribution is -2.29. The smallest absolute Gasteiger partial charge is 0.143 e. The Kier molecular flexibility index (Phi) is 4.30. The molecule has 0 spiro atoms. The van der Waals surface area contributed by atoms with E-state index in [-0.39, 0.29) is 6.04 Å². The van der Waals surface area contributed by atoms with Gasteiger partial charge in [0.1, 0.15) is 34.6 Å². The summed E-state index contributed by atoms with van der Waals surface area (Å²) in [6.07, 6.45) is 0.902. The highest BCUT2D eigenvalue weighted by atomic mass is 16.5. The molecular formula is C20H19N5O. The van der Waals surface area contributed by atoms with Gasteiger partial charge < -0.3 is 15.8 Å². The molecule has 0 saturated heterocycles. The molecule has 2 aromatic carbocycles. The van der Waals surface area contributed by atoms with Crippen molar-refractivity contribution in [3.63, 3.8) is 0 Å². The number of anilines is 1. The first-order valence-corrected chi connectivity index (χ1v) is 8.60. The second-order valence-electron chi connectivity index (χ2n) is 6.17. The van der Waals surface area contributed by atoms with E-state index < -0.39 is 0 Å². The van der Waals surface area contributed by atoms with Gasteiger partial charge in [-0.1, -0.05) is 18.2 Å². The normalized spacial score (nSPS) is 15.6. The molecule has 3 aromatic rings. The van der Waals surface area contributed by atoms with Crippen LogP contribution in [0.4, 0.5) is 5.82 Å². The van der Waals surface area contributed by atoms with Crippen LogP contribution in [-0.4, -0.2) is 22.9 Å². The van der Waals surface area contributed by atoms with Crippen LogP contribution in [0.25, 0.3) is 11.3 Å². The van der Waals surface area contributed by atoms with Crippen molar-refractivity contribution >= 4 is 5.82 Å². The standard InChI is InChI=1S/C20H19N5O/c21-12-15-10-11-23-20-18(13-22)19(24-25(15)20)14-6-8-17(9-7-14)26-16-4-2-1-3-5-16/h1-9,15,23H,10-12,21H2. The molecule has 3 N–H and O–H groups in total. The van der Waals surface area contributed by atoms with Gasteiger partial charge in [0.25, 0.3) is 0 Å². The summed E-state index contributed by atoms with van der Waals surface area (Å²) in [5.74, 6) is 2.28. The number of nitriles is 1. The summed E-state index contributed by atoms with van der Waals surface area (Å²) >= 11 is 0. The van der Waals surface area contributed by atoms with Gasteiger partial charge in [-0.2, -0.15) is 10.4 Å². The van der Waals surface area contributed by atoms with Crippen LogP contribution in [0.1, 0.15) is 18.0 Å². The zero-order chi connectivity index (χ0) is 17.9. The van der Waals surface area contributed by atoms with Crippen LogP contribution in [-0.2, 0) is 0 Å². The van der Waals surface area contributed by atoms with Gasteiger partial charge in [0.2, 0.25) is 0 Å². The monoisotopic (exact) mass is 345 g/mol. The molecule has 6 nitrogen and oxygen atoms in total. The Bertz CT molecular complexity index is 941. The van der Waals surface area contributed by atoms with Crippen molar-refractivity contribution < 1.29 is 4.74 Å². The number of fused-ring (bicyclic) bond motifs is 1. The van der Waals surface area contributed by atoms with Crippen LogP contribution in [0.3, 0.4) is 0 Å². The van der Waals surface area contributed by atoms with E-state index in [0.717, 1.165) is 35.8 Å². The van der Waals surface area contributed by atoms with Crippen molar-refractivity contribution in [3.8, 4) is 28.8 Å². The summed E-state index contributed by atoms with van der Waals surface area (Å²) in [4.78, 5) is 0. The van der Waals surface area contributed by atoms with Gasteiger partial charge in [-0.25, -0.2) is 4.68 Å². The van der Waals surface area contributed by atoms with Gasteiger partial charge in [0, 0.05) is 18.7 Å². The minimum absolute atomic E-state index is 0.118. The van der Waals surface area contributed by atoms with Gasteiger partial charge in [0.15, 0.2) is 0 Å². The molecule has 1 unspecified atom stereocenters. The third-order valence-electron chi connectivity index (χ3n) is 4.52. The lowest BCUT2D eigenvalue weighted by molar-refractivity contribution is 0.428. The highest BCUT2D eigenvalue weighted by Gasteiger charge is 2.26. The molecule has 0 bridgehead atoms. The number of hydrogen-bond acceptors (Lipinski definition) is 5. The van der Waals surface area contributed by atoms with Crippen LogP contribution in [0, 0.1) is 11.3 Å². The molecule has 0 aliphatic carbocycles. The van der Waals surface area contributed by atoms with E-state index in [4.69, 9.17) is 10.5 Å². The van der Waals surface area contributed by atoms with Crippen LogP contribution >= 0.6 is 0 Å². The zero-order valence-electron chi connectivity index (χ0n) is 14.2. The van der Waals surface area contributed by atoms with Gasteiger partial charge in [-0.15, -0.1) is 0 Å². The Morgan fingerprint density at radius 1 is 1.15 bits per heavy atom. The second-order valence-corrected chi connectivity index (χ2v) is 6.17. The fourth-order valence-corrected chi connectivity index (χ4v) is 3.18. The van der Waals surface area contributed by atoms with Crippen molar-refractivity contribution in [2.24, 2.45) is 5.73 Å². The third kappa shape index (κ3) is 2.89. The van der Waals surface area contributed by atoms with E-state index in [1.807, 2.05) is 59.3 Å². The summed E-state index contributed by atoms with van der Waals surface area (Å²) in [5.41, 5.74) is 7.96. The quantitative estimate of drug-likeness (QED) is 0.755. The molecule has 0 saturated carbocycles. The highest BCUT2D eigenvalue weighted by molar-refractivity contribution is 5.74. The predicted molar refractivity (Wildman–Crippen MR) is 100 cm³/mol. The average Bonchev–Trinajstić information content (AvgIpc) is 3.08. The lowest BCUT2D eigenvalue weighted by Gasteiger charge is -2.24. The number of rotatable bonds is 4. The fourth-order valence-electron chi connectivity index (χ4n) is 3.18. The number of aromatic nitrogens is 2. The van der Waals surface area contributed by atoms with Gasteiger partial charge in [-0.3, -0.25) is 0 Å². The molecule has 1 aromatic heterocycles. The molecule has 1 aliphatic heterocycles.